The van der Waals surface area contributed by atoms with Crippen molar-refractivity contribution in [3.05, 3.63) is 49.2 Å². The standard InChI is InChI=1S/C6H6.C3H6O.C3H8/c1-2-4-6-5-3-1;1-3-4-2;1-3-2/h1-6H;3H,1H2,2H3;3H2,1-2H3. The number of hydrogen-bond acceptors (Lipinski definition) is 1. The van der Waals surface area contributed by atoms with E-state index in [4.69, 9.17) is 0 Å². The molecule has 0 atom stereocenters. The van der Waals surface area contributed by atoms with Crippen molar-refractivity contribution in [2.45, 2.75) is 20.3 Å². The highest BCUT2D eigenvalue weighted by atomic mass is 16.5. The van der Waals surface area contributed by atoms with Gasteiger partial charge in [0.25, 0.3) is 0 Å². The SMILES string of the molecule is C=COC.CCC.c1ccccc1. The molecule has 0 aliphatic carbocycles. The summed E-state index contributed by atoms with van der Waals surface area (Å²) in [7, 11) is 1.56. The van der Waals surface area contributed by atoms with Gasteiger partial charge in [-0.25, -0.2) is 0 Å². The molecular formula is C12H20O. The van der Waals surface area contributed by atoms with Crippen LogP contribution in [-0.2, 0) is 4.74 Å². The molecule has 0 aromatic heterocycles. The fourth-order valence-corrected chi connectivity index (χ4v) is 0.385. The van der Waals surface area contributed by atoms with Crippen molar-refractivity contribution in [1.82, 2.24) is 0 Å². The molecule has 1 nitrogen and oxygen atoms in total. The van der Waals surface area contributed by atoms with Crippen LogP contribution in [0, 0.1) is 0 Å². The Balaban J connectivity index is 0. The zero-order valence-electron chi connectivity index (χ0n) is 8.86. The Labute approximate surface area is 82.1 Å². The van der Waals surface area contributed by atoms with Crippen LogP contribution < -0.4 is 0 Å². The van der Waals surface area contributed by atoms with Crippen molar-refractivity contribution >= 4 is 0 Å². The molecule has 0 saturated heterocycles. The van der Waals surface area contributed by atoms with Crippen molar-refractivity contribution in [2.75, 3.05) is 7.11 Å². The second-order valence-corrected chi connectivity index (χ2v) is 2.26. The molecule has 1 aromatic carbocycles. The van der Waals surface area contributed by atoms with Crippen LogP contribution in [0.2, 0.25) is 0 Å². The van der Waals surface area contributed by atoms with Crippen molar-refractivity contribution < 1.29 is 4.74 Å². The Bertz CT molecular complexity index is 131. The van der Waals surface area contributed by atoms with Gasteiger partial charge in [0, 0.05) is 0 Å². The molecule has 0 N–H and O–H groups in total. The Morgan fingerprint density at radius 3 is 1.23 bits per heavy atom. The van der Waals surface area contributed by atoms with Crippen molar-refractivity contribution in [3.8, 4) is 0 Å². The molecule has 0 spiro atoms. The van der Waals surface area contributed by atoms with E-state index in [0.29, 0.717) is 0 Å². The van der Waals surface area contributed by atoms with Gasteiger partial charge in [-0.3, -0.25) is 0 Å². The van der Waals surface area contributed by atoms with Crippen LogP contribution in [0.4, 0.5) is 0 Å². The lowest BCUT2D eigenvalue weighted by molar-refractivity contribution is 0.339. The Morgan fingerprint density at radius 1 is 1.00 bits per heavy atom. The highest BCUT2D eigenvalue weighted by Crippen LogP contribution is 1.79. The lowest BCUT2D eigenvalue weighted by Crippen LogP contribution is -1.54. The van der Waals surface area contributed by atoms with Crippen LogP contribution in [0.1, 0.15) is 20.3 Å². The van der Waals surface area contributed by atoms with Gasteiger partial charge in [-0.15, -0.1) is 0 Å². The quantitative estimate of drug-likeness (QED) is 0.596. The summed E-state index contributed by atoms with van der Waals surface area (Å²) >= 11 is 0. The maximum atomic E-state index is 4.31. The summed E-state index contributed by atoms with van der Waals surface area (Å²) in [5.74, 6) is 0. The molecule has 0 amide bonds. The predicted octanol–water partition coefficient (Wildman–Crippen LogP) is 3.88. The Kier molecular flexibility index (Phi) is 18.7. The third kappa shape index (κ3) is 24.9. The van der Waals surface area contributed by atoms with Crippen molar-refractivity contribution in [2.24, 2.45) is 0 Å². The highest BCUT2D eigenvalue weighted by molar-refractivity contribution is 4.99. The van der Waals surface area contributed by atoms with Crippen LogP contribution in [0.3, 0.4) is 0 Å². The molecule has 0 radical (unpaired) electrons. The van der Waals surface area contributed by atoms with E-state index in [1.807, 2.05) is 36.4 Å². The van der Waals surface area contributed by atoms with E-state index >= 15 is 0 Å². The number of hydrogen-bond donors (Lipinski definition) is 0. The minimum absolute atomic E-state index is 1.25. The molecule has 1 aromatic rings. The number of ether oxygens (including phenoxy) is 1. The third-order valence-electron chi connectivity index (χ3n) is 0.833. The van der Waals surface area contributed by atoms with E-state index in [1.54, 1.807) is 7.11 Å². The second-order valence-electron chi connectivity index (χ2n) is 2.26. The molecule has 0 aliphatic rings. The molecule has 1 rings (SSSR count). The number of rotatable bonds is 1. The molecule has 0 aliphatic heterocycles. The van der Waals surface area contributed by atoms with E-state index in [2.05, 4.69) is 25.2 Å². The molecule has 74 valence electrons. The van der Waals surface area contributed by atoms with Crippen LogP contribution in [0.25, 0.3) is 0 Å². The molecule has 13 heavy (non-hydrogen) atoms. The van der Waals surface area contributed by atoms with E-state index in [-0.39, 0.29) is 0 Å². The fraction of sp³-hybridized carbons (Fsp3) is 0.333. The summed E-state index contributed by atoms with van der Waals surface area (Å²) in [6.07, 6.45) is 2.62. The summed E-state index contributed by atoms with van der Waals surface area (Å²) in [5, 5.41) is 0. The van der Waals surface area contributed by atoms with E-state index in [1.165, 1.54) is 12.7 Å². The minimum Gasteiger partial charge on any atom is -0.505 e. The first-order valence-corrected chi connectivity index (χ1v) is 4.47. The normalized spacial score (nSPS) is 6.69. The second kappa shape index (κ2) is 17.0. The maximum absolute atomic E-state index is 4.31. The van der Waals surface area contributed by atoms with Crippen LogP contribution in [0.5, 0.6) is 0 Å². The van der Waals surface area contributed by atoms with Gasteiger partial charge in [0.1, 0.15) is 0 Å². The third-order valence-corrected chi connectivity index (χ3v) is 0.833. The van der Waals surface area contributed by atoms with E-state index in [9.17, 15) is 0 Å². The van der Waals surface area contributed by atoms with Gasteiger partial charge in [0.05, 0.1) is 13.4 Å². The zero-order chi connectivity index (χ0) is 10.4. The lowest BCUT2D eigenvalue weighted by Gasteiger charge is -1.73. The Hall–Kier alpha value is -1.24. The first-order valence-electron chi connectivity index (χ1n) is 4.47. The maximum Gasteiger partial charge on any atom is 0.0766 e. The Morgan fingerprint density at radius 2 is 1.15 bits per heavy atom. The molecule has 0 bridgehead atoms. The summed E-state index contributed by atoms with van der Waals surface area (Å²) in [6, 6.07) is 12.0. The van der Waals surface area contributed by atoms with Crippen molar-refractivity contribution in [3.63, 3.8) is 0 Å². The molecule has 0 unspecified atom stereocenters. The van der Waals surface area contributed by atoms with Gasteiger partial charge in [-0.2, -0.15) is 0 Å². The average Bonchev–Trinajstić information content (AvgIpc) is 2.22. The summed E-state index contributed by atoms with van der Waals surface area (Å²) < 4.78 is 4.31. The van der Waals surface area contributed by atoms with Gasteiger partial charge < -0.3 is 4.74 Å². The van der Waals surface area contributed by atoms with E-state index in [0.717, 1.165) is 0 Å². The first-order chi connectivity index (χ1) is 6.33. The monoisotopic (exact) mass is 180 g/mol. The minimum atomic E-state index is 1.25. The van der Waals surface area contributed by atoms with E-state index < -0.39 is 0 Å². The van der Waals surface area contributed by atoms with Gasteiger partial charge in [-0.05, 0) is 0 Å². The summed E-state index contributed by atoms with van der Waals surface area (Å²) in [5.41, 5.74) is 0. The molecule has 0 heterocycles. The van der Waals surface area contributed by atoms with Gasteiger partial charge >= 0.3 is 0 Å². The highest BCUT2D eigenvalue weighted by Gasteiger charge is 1.57. The molecule has 1 heteroatoms. The molecule has 0 saturated carbocycles. The van der Waals surface area contributed by atoms with Crippen molar-refractivity contribution in [1.29, 1.82) is 0 Å². The van der Waals surface area contributed by atoms with Gasteiger partial charge in [-0.1, -0.05) is 63.2 Å². The van der Waals surface area contributed by atoms with Crippen LogP contribution in [-0.4, -0.2) is 7.11 Å². The number of methoxy groups -OCH3 is 1. The molecule has 0 fully saturated rings. The number of benzene rings is 1. The predicted molar refractivity (Wildman–Crippen MR) is 59.6 cm³/mol. The smallest absolute Gasteiger partial charge is 0.0766 e. The molecular weight excluding hydrogens is 160 g/mol. The first kappa shape index (κ1) is 14.3. The summed E-state index contributed by atoms with van der Waals surface area (Å²) in [6.45, 7) is 7.51. The fourth-order valence-electron chi connectivity index (χ4n) is 0.385. The zero-order valence-corrected chi connectivity index (χ0v) is 8.86. The lowest BCUT2D eigenvalue weighted by atomic mass is 10.4. The average molecular weight is 180 g/mol. The van der Waals surface area contributed by atoms with Crippen LogP contribution in [0.15, 0.2) is 49.2 Å². The topological polar surface area (TPSA) is 9.23 Å². The summed E-state index contributed by atoms with van der Waals surface area (Å²) in [4.78, 5) is 0. The van der Waals surface area contributed by atoms with Gasteiger partial charge in [0.2, 0.25) is 0 Å². The largest absolute Gasteiger partial charge is 0.505 e. The van der Waals surface area contributed by atoms with Gasteiger partial charge in [0.15, 0.2) is 0 Å². The van der Waals surface area contributed by atoms with Crippen LogP contribution >= 0.6 is 0 Å².